The van der Waals surface area contributed by atoms with Crippen molar-refractivity contribution in [1.82, 2.24) is 10.6 Å². The summed E-state index contributed by atoms with van der Waals surface area (Å²) in [5.41, 5.74) is 2.86. The summed E-state index contributed by atoms with van der Waals surface area (Å²) in [4.78, 5) is 0. The molecule has 5 heteroatoms. The number of phenolic OH excluding ortho intramolecular Hbond substituents is 1. The molecule has 0 aliphatic carbocycles. The zero-order valence-corrected chi connectivity index (χ0v) is 15.3. The summed E-state index contributed by atoms with van der Waals surface area (Å²) >= 11 is 6.01. The number of phenols is 1. The fourth-order valence-corrected chi connectivity index (χ4v) is 3.09. The molecule has 3 rings (SSSR count). The topological polar surface area (TPSA) is 53.5 Å². The Morgan fingerprint density at radius 3 is 2.48 bits per heavy atom. The number of hydrogen-bond acceptors (Lipinski definition) is 4. The fraction of sp³-hybridized carbons (Fsp3) is 0.300. The Kier molecular flexibility index (Phi) is 5.21. The Bertz CT molecular complexity index is 772. The first-order valence-corrected chi connectivity index (χ1v) is 8.73. The van der Waals surface area contributed by atoms with Crippen LogP contribution in [0.3, 0.4) is 0 Å². The second-order valence-electron chi connectivity index (χ2n) is 6.50. The predicted molar refractivity (Wildman–Crippen MR) is 102 cm³/mol. The number of methoxy groups -OCH3 is 1. The van der Waals surface area contributed by atoms with Crippen LogP contribution in [-0.4, -0.2) is 18.4 Å². The maximum Gasteiger partial charge on any atom is 0.162 e. The van der Waals surface area contributed by atoms with Gasteiger partial charge in [0.15, 0.2) is 11.5 Å². The highest BCUT2D eigenvalue weighted by Gasteiger charge is 2.27. The third kappa shape index (κ3) is 3.75. The van der Waals surface area contributed by atoms with Gasteiger partial charge in [-0.15, -0.1) is 0 Å². The first kappa shape index (κ1) is 17.6. The lowest BCUT2D eigenvalue weighted by atomic mass is 9.97. The second kappa shape index (κ2) is 7.38. The summed E-state index contributed by atoms with van der Waals surface area (Å²) in [5, 5.41) is 18.3. The third-order valence-corrected chi connectivity index (χ3v) is 4.66. The third-order valence-electron chi connectivity index (χ3n) is 4.41. The predicted octanol–water partition coefficient (Wildman–Crippen LogP) is 4.31. The van der Waals surface area contributed by atoms with Crippen molar-refractivity contribution in [3.8, 4) is 11.5 Å². The van der Waals surface area contributed by atoms with Gasteiger partial charge in [-0.1, -0.05) is 49.7 Å². The van der Waals surface area contributed by atoms with Crippen LogP contribution in [0.2, 0.25) is 5.02 Å². The Balaban J connectivity index is 2.02. The molecule has 25 heavy (non-hydrogen) atoms. The van der Waals surface area contributed by atoms with E-state index >= 15 is 0 Å². The summed E-state index contributed by atoms with van der Waals surface area (Å²) in [6.07, 6.45) is 2.16. The molecule has 4 nitrogen and oxygen atoms in total. The average Bonchev–Trinajstić information content (AvgIpc) is 2.62. The van der Waals surface area contributed by atoms with Gasteiger partial charge in [-0.05, 0) is 35.8 Å². The van der Waals surface area contributed by atoms with Crippen LogP contribution in [0.25, 0.3) is 5.70 Å². The average molecular weight is 359 g/mol. The largest absolute Gasteiger partial charge is 0.504 e. The lowest BCUT2D eigenvalue weighted by Gasteiger charge is -2.35. The molecule has 0 saturated carbocycles. The quantitative estimate of drug-likeness (QED) is 0.762. The highest BCUT2D eigenvalue weighted by atomic mass is 35.5. The van der Waals surface area contributed by atoms with E-state index in [1.165, 1.54) is 0 Å². The van der Waals surface area contributed by atoms with E-state index in [-0.39, 0.29) is 18.0 Å². The van der Waals surface area contributed by atoms with Gasteiger partial charge in [0.05, 0.1) is 19.3 Å². The number of halogens is 1. The van der Waals surface area contributed by atoms with E-state index in [0.717, 1.165) is 16.8 Å². The molecule has 0 radical (unpaired) electrons. The van der Waals surface area contributed by atoms with Gasteiger partial charge in [0.25, 0.3) is 0 Å². The lowest BCUT2D eigenvalue weighted by Crippen LogP contribution is -2.49. The summed E-state index contributed by atoms with van der Waals surface area (Å²) in [7, 11) is 1.56. The summed E-state index contributed by atoms with van der Waals surface area (Å²) in [5.74, 6) is 1.00. The number of para-hydroxylation sites is 1. The maximum atomic E-state index is 10.5. The maximum absolute atomic E-state index is 10.5. The van der Waals surface area contributed by atoms with Crippen molar-refractivity contribution in [2.75, 3.05) is 7.11 Å². The number of benzene rings is 2. The van der Waals surface area contributed by atoms with Crippen LogP contribution in [0.15, 0.2) is 48.5 Å². The monoisotopic (exact) mass is 358 g/mol. The standard InChI is InChI=1S/C20H23ClN2O2/c1-12(2)20-22-16(13-7-9-14(21)10-8-13)11-17(23-20)15-5-4-6-18(25-3)19(15)24/h4-12,17,20,22-24H,1-3H3. The molecule has 2 aromatic carbocycles. The normalized spacial score (nSPS) is 20.1. The molecule has 1 heterocycles. The van der Waals surface area contributed by atoms with Gasteiger partial charge in [0.2, 0.25) is 0 Å². The highest BCUT2D eigenvalue weighted by Crippen LogP contribution is 2.36. The van der Waals surface area contributed by atoms with E-state index in [1.54, 1.807) is 13.2 Å². The molecule has 0 aromatic heterocycles. The van der Waals surface area contributed by atoms with Gasteiger partial charge in [0, 0.05) is 16.3 Å². The first-order valence-electron chi connectivity index (χ1n) is 8.36. The van der Waals surface area contributed by atoms with Gasteiger partial charge in [-0.2, -0.15) is 0 Å². The Hall–Kier alpha value is -2.17. The van der Waals surface area contributed by atoms with E-state index < -0.39 is 0 Å². The second-order valence-corrected chi connectivity index (χ2v) is 6.93. The van der Waals surface area contributed by atoms with E-state index in [2.05, 4.69) is 30.6 Å². The minimum absolute atomic E-state index is 0.0753. The van der Waals surface area contributed by atoms with Crippen LogP contribution >= 0.6 is 11.6 Å². The highest BCUT2D eigenvalue weighted by molar-refractivity contribution is 6.30. The number of aromatic hydroxyl groups is 1. The van der Waals surface area contributed by atoms with Gasteiger partial charge >= 0.3 is 0 Å². The molecule has 1 aliphatic heterocycles. The lowest BCUT2D eigenvalue weighted by molar-refractivity contribution is 0.329. The number of ether oxygens (including phenoxy) is 1. The van der Waals surface area contributed by atoms with Gasteiger partial charge in [-0.25, -0.2) is 0 Å². The molecule has 0 fully saturated rings. The van der Waals surface area contributed by atoms with E-state index in [0.29, 0.717) is 16.7 Å². The van der Waals surface area contributed by atoms with Crippen molar-refractivity contribution < 1.29 is 9.84 Å². The fourth-order valence-electron chi connectivity index (χ4n) is 2.97. The molecule has 2 aromatic rings. The number of hydrogen-bond donors (Lipinski definition) is 3. The van der Waals surface area contributed by atoms with Crippen molar-refractivity contribution >= 4 is 17.3 Å². The molecule has 2 atom stereocenters. The molecule has 0 saturated heterocycles. The molecule has 132 valence electrons. The molecular formula is C20H23ClN2O2. The van der Waals surface area contributed by atoms with Crippen LogP contribution in [0.5, 0.6) is 11.5 Å². The number of rotatable bonds is 4. The zero-order valence-electron chi connectivity index (χ0n) is 14.6. The van der Waals surface area contributed by atoms with Crippen LogP contribution in [0, 0.1) is 5.92 Å². The molecule has 2 unspecified atom stereocenters. The molecule has 0 amide bonds. The first-order chi connectivity index (χ1) is 12.0. The minimum atomic E-state index is -0.130. The van der Waals surface area contributed by atoms with Crippen LogP contribution < -0.4 is 15.4 Å². The van der Waals surface area contributed by atoms with E-state index in [1.807, 2.05) is 36.4 Å². The van der Waals surface area contributed by atoms with Crippen LogP contribution in [0.1, 0.15) is 31.0 Å². The Labute approximate surface area is 153 Å². The summed E-state index contributed by atoms with van der Waals surface area (Å²) in [6.45, 7) is 4.30. The van der Waals surface area contributed by atoms with Crippen molar-refractivity contribution in [3.05, 3.63) is 64.7 Å². The minimum Gasteiger partial charge on any atom is -0.504 e. The molecule has 3 N–H and O–H groups in total. The Morgan fingerprint density at radius 1 is 1.12 bits per heavy atom. The van der Waals surface area contributed by atoms with Gasteiger partial charge < -0.3 is 15.2 Å². The molecule has 0 spiro atoms. The van der Waals surface area contributed by atoms with E-state index in [9.17, 15) is 5.11 Å². The van der Waals surface area contributed by atoms with Gasteiger partial charge in [0.1, 0.15) is 0 Å². The molecule has 1 aliphatic rings. The zero-order chi connectivity index (χ0) is 18.0. The SMILES string of the molecule is COc1cccc(C2C=C(c3ccc(Cl)cc3)NC(C(C)C)N2)c1O. The van der Waals surface area contributed by atoms with Crippen LogP contribution in [-0.2, 0) is 0 Å². The van der Waals surface area contributed by atoms with Crippen molar-refractivity contribution in [2.24, 2.45) is 5.92 Å². The Morgan fingerprint density at radius 2 is 1.84 bits per heavy atom. The summed E-state index contributed by atoms with van der Waals surface area (Å²) in [6, 6.07) is 13.2. The number of nitrogens with one attached hydrogen (secondary N) is 2. The molecular weight excluding hydrogens is 336 g/mol. The van der Waals surface area contributed by atoms with Crippen molar-refractivity contribution in [2.45, 2.75) is 26.1 Å². The van der Waals surface area contributed by atoms with Crippen molar-refractivity contribution in [1.29, 1.82) is 0 Å². The van der Waals surface area contributed by atoms with E-state index in [4.69, 9.17) is 16.3 Å². The van der Waals surface area contributed by atoms with Crippen LogP contribution in [0.4, 0.5) is 0 Å². The van der Waals surface area contributed by atoms with Gasteiger partial charge in [-0.3, -0.25) is 5.32 Å². The smallest absolute Gasteiger partial charge is 0.162 e. The molecule has 0 bridgehead atoms. The van der Waals surface area contributed by atoms with Crippen molar-refractivity contribution in [3.63, 3.8) is 0 Å². The summed E-state index contributed by atoms with van der Waals surface area (Å²) < 4.78 is 5.25.